The monoisotopic (exact) mass is 725 g/mol. The van der Waals surface area contributed by atoms with Crippen LogP contribution in [0, 0.1) is 0 Å². The maximum absolute atomic E-state index is 6.36. The van der Waals surface area contributed by atoms with Crippen LogP contribution in [0.1, 0.15) is 22.3 Å². The lowest BCUT2D eigenvalue weighted by atomic mass is 9.70. The molecule has 2 aliphatic carbocycles. The molecule has 0 radical (unpaired) electrons. The van der Waals surface area contributed by atoms with E-state index in [2.05, 4.69) is 211 Å². The van der Waals surface area contributed by atoms with Crippen molar-refractivity contribution < 1.29 is 4.42 Å². The van der Waals surface area contributed by atoms with E-state index in [0.29, 0.717) is 0 Å². The first-order valence-electron chi connectivity index (χ1n) is 19.7. The van der Waals surface area contributed by atoms with Crippen LogP contribution in [0.2, 0.25) is 0 Å². The Balaban J connectivity index is 1.16. The van der Waals surface area contributed by atoms with Gasteiger partial charge in [0.1, 0.15) is 11.2 Å². The van der Waals surface area contributed by atoms with E-state index in [-0.39, 0.29) is 0 Å². The molecule has 0 unspecified atom stereocenters. The van der Waals surface area contributed by atoms with Crippen LogP contribution in [0.4, 0.5) is 17.1 Å². The highest BCUT2D eigenvalue weighted by Gasteiger charge is 2.51. The largest absolute Gasteiger partial charge is 0.456 e. The number of benzene rings is 9. The van der Waals surface area contributed by atoms with Gasteiger partial charge in [-0.15, -0.1) is 0 Å². The Bertz CT molecular complexity index is 3130. The molecule has 0 aliphatic heterocycles. The lowest BCUT2D eigenvalue weighted by molar-refractivity contribution is 0.669. The van der Waals surface area contributed by atoms with Gasteiger partial charge in [-0.25, -0.2) is 0 Å². The Morgan fingerprint density at radius 1 is 0.316 bits per heavy atom. The molecule has 2 heteroatoms. The minimum Gasteiger partial charge on any atom is -0.456 e. The summed E-state index contributed by atoms with van der Waals surface area (Å²) in [5.41, 5.74) is 19.8. The van der Waals surface area contributed by atoms with Crippen LogP contribution in [0.5, 0.6) is 0 Å². The fourth-order valence-corrected chi connectivity index (χ4v) is 9.89. The second-order valence-corrected chi connectivity index (χ2v) is 15.2. The van der Waals surface area contributed by atoms with Crippen molar-refractivity contribution in [2.75, 3.05) is 4.90 Å². The Hall–Kier alpha value is -7.42. The topological polar surface area (TPSA) is 16.4 Å². The molecular weight excluding hydrogens is 691 g/mol. The van der Waals surface area contributed by atoms with Crippen LogP contribution < -0.4 is 4.90 Å². The Morgan fingerprint density at radius 3 is 1.53 bits per heavy atom. The summed E-state index contributed by atoms with van der Waals surface area (Å²) in [4.78, 5) is 2.46. The second kappa shape index (κ2) is 12.3. The van der Waals surface area contributed by atoms with Crippen LogP contribution in [0.15, 0.2) is 217 Å². The molecule has 10 aromatic rings. The molecule has 1 aromatic heterocycles. The normalized spacial score (nSPS) is 13.1. The van der Waals surface area contributed by atoms with Crippen molar-refractivity contribution in [2.24, 2.45) is 0 Å². The summed E-state index contributed by atoms with van der Waals surface area (Å²) >= 11 is 0. The molecule has 0 fully saturated rings. The highest BCUT2D eigenvalue weighted by Crippen LogP contribution is 2.63. The van der Waals surface area contributed by atoms with Crippen LogP contribution >= 0.6 is 0 Å². The number of fused-ring (bicyclic) bond motifs is 13. The molecule has 0 saturated heterocycles. The Morgan fingerprint density at radius 2 is 0.842 bits per heavy atom. The number of furan rings is 1. The predicted octanol–water partition coefficient (Wildman–Crippen LogP) is 14.7. The van der Waals surface area contributed by atoms with Gasteiger partial charge in [-0.3, -0.25) is 0 Å². The first-order chi connectivity index (χ1) is 28.3. The minimum absolute atomic E-state index is 0.453. The third-order valence-corrected chi connectivity index (χ3v) is 12.3. The van der Waals surface area contributed by atoms with E-state index in [0.717, 1.165) is 50.1 Å². The van der Waals surface area contributed by atoms with Crippen LogP contribution in [0.25, 0.3) is 66.4 Å². The third-order valence-electron chi connectivity index (χ3n) is 12.3. The molecule has 2 nitrogen and oxygen atoms in total. The summed E-state index contributed by atoms with van der Waals surface area (Å²) in [6.45, 7) is 0. The summed E-state index contributed by atoms with van der Waals surface area (Å²) < 4.78 is 6.36. The van der Waals surface area contributed by atoms with Crippen molar-refractivity contribution in [1.29, 1.82) is 0 Å². The summed E-state index contributed by atoms with van der Waals surface area (Å²) in [5, 5.41) is 2.21. The number of para-hydroxylation sites is 1. The molecule has 0 bridgehead atoms. The third kappa shape index (κ3) is 4.59. The zero-order chi connectivity index (χ0) is 37.5. The van der Waals surface area contributed by atoms with E-state index in [1.165, 1.54) is 55.6 Å². The SMILES string of the molecule is c1ccc(-c2ccc(N(c3ccc4c(c3)C3(c5ccccc5-c5ccccc53)c3ccccc3-4)c3ccc4oc5ccccc5c4c3)c(-c3ccccc3)c2)cc1. The fraction of sp³-hybridized carbons (Fsp3) is 0.0182. The van der Waals surface area contributed by atoms with E-state index in [1.807, 2.05) is 6.07 Å². The van der Waals surface area contributed by atoms with E-state index < -0.39 is 5.41 Å². The molecule has 0 saturated carbocycles. The van der Waals surface area contributed by atoms with Gasteiger partial charge in [-0.05, 0) is 110 Å². The number of hydrogen-bond donors (Lipinski definition) is 0. The van der Waals surface area contributed by atoms with Gasteiger partial charge in [0.15, 0.2) is 0 Å². The van der Waals surface area contributed by atoms with Gasteiger partial charge in [0, 0.05) is 27.7 Å². The molecule has 0 atom stereocenters. The number of nitrogens with zero attached hydrogens (tertiary/aromatic N) is 1. The Labute approximate surface area is 331 Å². The van der Waals surface area contributed by atoms with Gasteiger partial charge in [0.25, 0.3) is 0 Å². The summed E-state index contributed by atoms with van der Waals surface area (Å²) in [7, 11) is 0. The van der Waals surface area contributed by atoms with Gasteiger partial charge in [-0.2, -0.15) is 0 Å². The van der Waals surface area contributed by atoms with E-state index in [9.17, 15) is 0 Å². The fourth-order valence-electron chi connectivity index (χ4n) is 9.89. The van der Waals surface area contributed by atoms with Gasteiger partial charge in [0.05, 0.1) is 11.1 Å². The lowest BCUT2D eigenvalue weighted by Gasteiger charge is -2.33. The van der Waals surface area contributed by atoms with Crippen molar-refractivity contribution in [3.8, 4) is 44.5 Å². The zero-order valence-corrected chi connectivity index (χ0v) is 31.1. The molecule has 12 rings (SSSR count). The van der Waals surface area contributed by atoms with Crippen molar-refractivity contribution in [3.05, 3.63) is 235 Å². The first kappa shape index (κ1) is 31.9. The molecule has 1 spiro atoms. The Kier molecular flexibility index (Phi) is 6.88. The van der Waals surface area contributed by atoms with Crippen molar-refractivity contribution in [3.63, 3.8) is 0 Å². The molecule has 2 aliphatic rings. The molecule has 266 valence electrons. The minimum atomic E-state index is -0.453. The van der Waals surface area contributed by atoms with Crippen molar-refractivity contribution in [1.82, 2.24) is 0 Å². The van der Waals surface area contributed by atoms with Gasteiger partial charge >= 0.3 is 0 Å². The molecule has 1 heterocycles. The van der Waals surface area contributed by atoms with Gasteiger partial charge in [-0.1, -0.05) is 164 Å². The van der Waals surface area contributed by atoms with Crippen LogP contribution in [-0.2, 0) is 5.41 Å². The van der Waals surface area contributed by atoms with E-state index in [4.69, 9.17) is 4.42 Å². The molecule has 0 amide bonds. The van der Waals surface area contributed by atoms with Gasteiger partial charge in [0.2, 0.25) is 0 Å². The number of hydrogen-bond acceptors (Lipinski definition) is 2. The van der Waals surface area contributed by atoms with Crippen LogP contribution in [0.3, 0.4) is 0 Å². The van der Waals surface area contributed by atoms with Gasteiger partial charge < -0.3 is 9.32 Å². The predicted molar refractivity (Wildman–Crippen MR) is 236 cm³/mol. The number of anilines is 3. The summed E-state index contributed by atoms with van der Waals surface area (Å²) in [6, 6.07) is 77.6. The van der Waals surface area contributed by atoms with Crippen molar-refractivity contribution in [2.45, 2.75) is 5.41 Å². The highest BCUT2D eigenvalue weighted by atomic mass is 16.3. The van der Waals surface area contributed by atoms with Crippen molar-refractivity contribution >= 4 is 39.0 Å². The standard InChI is InChI=1S/C55H35NO/c1-3-15-36(16-4-1)38-27-31-52(46(33-38)37-17-5-2-6-18-37)56(39-29-32-54-47(34-39)45-22-10-14-26-53(45)57-54)40-28-30-44-43-21-9-13-25-50(43)55(51(44)35-40)48-23-11-7-19-41(48)42-20-8-12-24-49(42)55/h1-35H. The molecule has 0 N–H and O–H groups in total. The average molecular weight is 726 g/mol. The van der Waals surface area contributed by atoms with E-state index in [1.54, 1.807) is 0 Å². The number of rotatable bonds is 5. The molecular formula is C55H35NO. The molecule has 9 aromatic carbocycles. The maximum atomic E-state index is 6.36. The summed E-state index contributed by atoms with van der Waals surface area (Å²) in [5.74, 6) is 0. The highest BCUT2D eigenvalue weighted by molar-refractivity contribution is 6.07. The zero-order valence-electron chi connectivity index (χ0n) is 31.1. The second-order valence-electron chi connectivity index (χ2n) is 15.2. The smallest absolute Gasteiger partial charge is 0.135 e. The first-order valence-corrected chi connectivity index (χ1v) is 19.7. The quantitative estimate of drug-likeness (QED) is 0.176. The van der Waals surface area contributed by atoms with E-state index >= 15 is 0 Å². The van der Waals surface area contributed by atoms with Crippen LogP contribution in [-0.4, -0.2) is 0 Å². The maximum Gasteiger partial charge on any atom is 0.135 e. The molecule has 57 heavy (non-hydrogen) atoms. The average Bonchev–Trinajstić information content (AvgIpc) is 3.91. The summed E-state index contributed by atoms with van der Waals surface area (Å²) in [6.07, 6.45) is 0. The lowest BCUT2D eigenvalue weighted by Crippen LogP contribution is -2.26.